The summed E-state index contributed by atoms with van der Waals surface area (Å²) in [5.41, 5.74) is 1.24. The van der Waals surface area contributed by atoms with Crippen LogP contribution in [0, 0.1) is 0 Å². The van der Waals surface area contributed by atoms with E-state index < -0.39 is 0 Å². The van der Waals surface area contributed by atoms with Crippen molar-refractivity contribution in [3.05, 3.63) is 36.2 Å². The first-order chi connectivity index (χ1) is 8.79. The minimum Gasteiger partial charge on any atom is -0.384 e. The number of carbonyl (C=O) groups excluding carboxylic acids is 1. The molecule has 18 heavy (non-hydrogen) atoms. The van der Waals surface area contributed by atoms with Crippen LogP contribution in [0.15, 0.2) is 24.7 Å². The number of H-pyrrole nitrogens is 1. The summed E-state index contributed by atoms with van der Waals surface area (Å²) in [5.74, 6) is 0.622. The van der Waals surface area contributed by atoms with Crippen LogP contribution in [-0.4, -0.2) is 39.7 Å². The maximum absolute atomic E-state index is 11.4. The number of hydrogen-bond acceptors (Lipinski definition) is 5. The van der Waals surface area contributed by atoms with Gasteiger partial charge in [-0.25, -0.2) is 4.98 Å². The van der Waals surface area contributed by atoms with Crippen LogP contribution in [0.4, 0.5) is 5.69 Å². The Morgan fingerprint density at radius 2 is 2.33 bits per heavy atom. The lowest BCUT2D eigenvalue weighted by molar-refractivity contribution is 0.0958. The van der Waals surface area contributed by atoms with Crippen LogP contribution in [0.2, 0.25) is 0 Å². The summed E-state index contributed by atoms with van der Waals surface area (Å²) in [6.45, 7) is 0.701. The number of hydrogen-bond donors (Lipinski definition) is 3. The van der Waals surface area contributed by atoms with Gasteiger partial charge in [-0.3, -0.25) is 14.9 Å². The Morgan fingerprint density at radius 1 is 1.44 bits per heavy atom. The molecule has 7 nitrogen and oxygen atoms in total. The molecule has 7 heteroatoms. The zero-order valence-corrected chi connectivity index (χ0v) is 9.97. The summed E-state index contributed by atoms with van der Waals surface area (Å²) in [6, 6.07) is 3.52. The number of nitrogens with one attached hydrogen (secondary N) is 3. The third-order valence-electron chi connectivity index (χ3n) is 2.38. The number of aromatic amines is 1. The topological polar surface area (TPSA) is 95.6 Å². The van der Waals surface area contributed by atoms with Gasteiger partial charge in [0.15, 0.2) is 0 Å². The van der Waals surface area contributed by atoms with E-state index in [0.717, 1.165) is 17.9 Å². The van der Waals surface area contributed by atoms with Gasteiger partial charge < -0.3 is 10.6 Å². The third-order valence-corrected chi connectivity index (χ3v) is 2.38. The number of amides is 1. The van der Waals surface area contributed by atoms with Crippen LogP contribution in [0.3, 0.4) is 0 Å². The molecule has 0 aliphatic rings. The first-order valence-electron chi connectivity index (χ1n) is 5.56. The SMILES string of the molecule is CNC(=O)c1cc(NCCc2ncn[nH]2)ccn1. The van der Waals surface area contributed by atoms with Crippen molar-refractivity contribution in [1.29, 1.82) is 0 Å². The Kier molecular flexibility index (Phi) is 3.85. The van der Waals surface area contributed by atoms with Crippen LogP contribution in [0.5, 0.6) is 0 Å². The summed E-state index contributed by atoms with van der Waals surface area (Å²) in [6.07, 6.45) is 3.81. The highest BCUT2D eigenvalue weighted by Crippen LogP contribution is 2.07. The summed E-state index contributed by atoms with van der Waals surface area (Å²) < 4.78 is 0. The Bertz CT molecular complexity index is 510. The van der Waals surface area contributed by atoms with Crippen molar-refractivity contribution in [3.63, 3.8) is 0 Å². The highest BCUT2D eigenvalue weighted by Gasteiger charge is 2.05. The summed E-state index contributed by atoms with van der Waals surface area (Å²) >= 11 is 0. The molecule has 0 saturated carbocycles. The number of rotatable bonds is 5. The second kappa shape index (κ2) is 5.76. The lowest BCUT2D eigenvalue weighted by Gasteiger charge is -2.06. The normalized spacial score (nSPS) is 10.1. The molecular weight excluding hydrogens is 232 g/mol. The second-order valence-electron chi connectivity index (χ2n) is 3.62. The van der Waals surface area contributed by atoms with E-state index in [2.05, 4.69) is 30.8 Å². The van der Waals surface area contributed by atoms with Crippen LogP contribution < -0.4 is 10.6 Å². The number of pyridine rings is 1. The monoisotopic (exact) mass is 246 g/mol. The highest BCUT2D eigenvalue weighted by atomic mass is 16.1. The molecule has 0 spiro atoms. The summed E-state index contributed by atoms with van der Waals surface area (Å²) in [4.78, 5) is 19.4. The smallest absolute Gasteiger partial charge is 0.269 e. The predicted molar refractivity (Wildman–Crippen MR) is 66.2 cm³/mol. The van der Waals surface area contributed by atoms with Gasteiger partial charge >= 0.3 is 0 Å². The van der Waals surface area contributed by atoms with Crippen molar-refractivity contribution in [2.75, 3.05) is 18.9 Å². The van der Waals surface area contributed by atoms with E-state index in [0.29, 0.717) is 12.2 Å². The number of anilines is 1. The zero-order chi connectivity index (χ0) is 12.8. The zero-order valence-electron chi connectivity index (χ0n) is 9.97. The van der Waals surface area contributed by atoms with Crippen LogP contribution in [-0.2, 0) is 6.42 Å². The molecule has 0 aromatic carbocycles. The van der Waals surface area contributed by atoms with E-state index in [1.54, 1.807) is 19.3 Å². The molecule has 0 unspecified atom stereocenters. The van der Waals surface area contributed by atoms with Crippen LogP contribution in [0.25, 0.3) is 0 Å². The predicted octanol–water partition coefficient (Wildman–Crippen LogP) is 0.214. The highest BCUT2D eigenvalue weighted by molar-refractivity contribution is 5.92. The van der Waals surface area contributed by atoms with E-state index in [1.165, 1.54) is 6.33 Å². The average Bonchev–Trinajstić information content (AvgIpc) is 2.91. The quantitative estimate of drug-likeness (QED) is 0.701. The fraction of sp³-hybridized carbons (Fsp3) is 0.273. The van der Waals surface area contributed by atoms with Gasteiger partial charge in [0.2, 0.25) is 0 Å². The van der Waals surface area contributed by atoms with Crippen molar-refractivity contribution in [1.82, 2.24) is 25.5 Å². The van der Waals surface area contributed by atoms with Crippen molar-refractivity contribution in [2.24, 2.45) is 0 Å². The fourth-order valence-corrected chi connectivity index (χ4v) is 1.47. The molecule has 2 heterocycles. The summed E-state index contributed by atoms with van der Waals surface area (Å²) in [5, 5.41) is 12.3. The van der Waals surface area contributed by atoms with Gasteiger partial charge in [0, 0.05) is 31.9 Å². The van der Waals surface area contributed by atoms with E-state index in [1.807, 2.05) is 6.07 Å². The molecule has 0 aliphatic carbocycles. The largest absolute Gasteiger partial charge is 0.384 e. The molecule has 3 N–H and O–H groups in total. The van der Waals surface area contributed by atoms with Gasteiger partial charge in [-0.15, -0.1) is 0 Å². The molecule has 2 aromatic rings. The lowest BCUT2D eigenvalue weighted by atomic mass is 10.3. The molecule has 0 atom stereocenters. The molecule has 2 rings (SSSR count). The molecule has 0 aliphatic heterocycles. The average molecular weight is 246 g/mol. The minimum absolute atomic E-state index is 0.200. The van der Waals surface area contributed by atoms with Crippen LogP contribution >= 0.6 is 0 Å². The van der Waals surface area contributed by atoms with Crippen LogP contribution in [0.1, 0.15) is 16.3 Å². The first kappa shape index (κ1) is 12.0. The van der Waals surface area contributed by atoms with Gasteiger partial charge in [0.25, 0.3) is 5.91 Å². The second-order valence-corrected chi connectivity index (χ2v) is 3.62. The molecular formula is C11H14N6O. The van der Waals surface area contributed by atoms with Crippen molar-refractivity contribution >= 4 is 11.6 Å². The van der Waals surface area contributed by atoms with E-state index in [9.17, 15) is 4.79 Å². The molecule has 1 amide bonds. The molecule has 2 aromatic heterocycles. The minimum atomic E-state index is -0.200. The molecule has 0 fully saturated rings. The Labute approximate surface area is 104 Å². The van der Waals surface area contributed by atoms with E-state index in [4.69, 9.17) is 0 Å². The first-order valence-corrected chi connectivity index (χ1v) is 5.56. The van der Waals surface area contributed by atoms with Gasteiger partial charge in [-0.1, -0.05) is 0 Å². The fourth-order valence-electron chi connectivity index (χ4n) is 1.47. The van der Waals surface area contributed by atoms with Gasteiger partial charge in [0.05, 0.1) is 0 Å². The standard InChI is InChI=1S/C11H14N6O/c1-12-11(18)9-6-8(2-4-14-9)13-5-3-10-15-7-16-17-10/h2,4,6-7H,3,5H2,1H3,(H,12,18)(H,13,14)(H,15,16,17). The molecule has 0 radical (unpaired) electrons. The summed E-state index contributed by atoms with van der Waals surface area (Å²) in [7, 11) is 1.58. The van der Waals surface area contributed by atoms with Crippen molar-refractivity contribution in [2.45, 2.75) is 6.42 Å². The maximum atomic E-state index is 11.4. The van der Waals surface area contributed by atoms with Crippen molar-refractivity contribution in [3.8, 4) is 0 Å². The molecule has 94 valence electrons. The Morgan fingerprint density at radius 3 is 3.06 bits per heavy atom. The van der Waals surface area contributed by atoms with Crippen molar-refractivity contribution < 1.29 is 4.79 Å². The number of nitrogens with zero attached hydrogens (tertiary/aromatic N) is 3. The Hall–Kier alpha value is -2.44. The third kappa shape index (κ3) is 3.03. The van der Waals surface area contributed by atoms with Gasteiger partial charge in [-0.05, 0) is 12.1 Å². The maximum Gasteiger partial charge on any atom is 0.269 e. The van der Waals surface area contributed by atoms with E-state index >= 15 is 0 Å². The number of aromatic nitrogens is 4. The molecule has 0 bridgehead atoms. The number of carbonyl (C=O) groups is 1. The molecule has 0 saturated heterocycles. The van der Waals surface area contributed by atoms with Gasteiger partial charge in [0.1, 0.15) is 17.8 Å². The van der Waals surface area contributed by atoms with E-state index in [-0.39, 0.29) is 5.91 Å². The van der Waals surface area contributed by atoms with Gasteiger partial charge in [-0.2, -0.15) is 5.10 Å². The Balaban J connectivity index is 1.91. The lowest BCUT2D eigenvalue weighted by Crippen LogP contribution is -2.19.